The number of nitrogens with zero attached hydrogens (tertiary/aromatic N) is 3. The molecule has 82 valence electrons. The van der Waals surface area contributed by atoms with Crippen molar-refractivity contribution in [1.82, 2.24) is 9.97 Å². The maximum Gasteiger partial charge on any atom is 0.160 e. The Hall–Kier alpha value is -1.36. The lowest BCUT2D eigenvalue weighted by Gasteiger charge is -2.21. The zero-order valence-electron chi connectivity index (χ0n) is 8.82. The standard InChI is InChI=1S/C10H17N5/c11-14-9-7-12-8-10(13-9)15-5-3-1-2-4-6-15/h7-8H,1-6,11H2,(H,13,14). The van der Waals surface area contributed by atoms with Gasteiger partial charge in [-0.05, 0) is 12.8 Å². The first-order valence-corrected chi connectivity index (χ1v) is 5.44. The van der Waals surface area contributed by atoms with Gasteiger partial charge < -0.3 is 10.3 Å². The zero-order chi connectivity index (χ0) is 10.5. The molecule has 0 atom stereocenters. The molecule has 1 aliphatic heterocycles. The number of rotatable bonds is 2. The largest absolute Gasteiger partial charge is 0.355 e. The first-order valence-electron chi connectivity index (χ1n) is 5.44. The van der Waals surface area contributed by atoms with E-state index in [1.807, 2.05) is 0 Å². The number of hydrogen-bond acceptors (Lipinski definition) is 5. The third-order valence-corrected chi connectivity index (χ3v) is 2.70. The first-order chi connectivity index (χ1) is 7.40. The van der Waals surface area contributed by atoms with E-state index in [2.05, 4.69) is 20.3 Å². The second-order valence-corrected chi connectivity index (χ2v) is 3.81. The first kappa shape index (κ1) is 10.2. The van der Waals surface area contributed by atoms with Crippen LogP contribution in [0.2, 0.25) is 0 Å². The van der Waals surface area contributed by atoms with Crippen LogP contribution in [0.4, 0.5) is 11.6 Å². The van der Waals surface area contributed by atoms with Crippen molar-refractivity contribution in [3.63, 3.8) is 0 Å². The minimum Gasteiger partial charge on any atom is -0.355 e. The van der Waals surface area contributed by atoms with E-state index in [1.54, 1.807) is 12.4 Å². The Morgan fingerprint density at radius 1 is 1.13 bits per heavy atom. The van der Waals surface area contributed by atoms with E-state index < -0.39 is 0 Å². The van der Waals surface area contributed by atoms with Crippen LogP contribution in [0.3, 0.4) is 0 Å². The second-order valence-electron chi connectivity index (χ2n) is 3.81. The molecular weight excluding hydrogens is 190 g/mol. The summed E-state index contributed by atoms with van der Waals surface area (Å²) >= 11 is 0. The molecule has 1 fully saturated rings. The number of anilines is 2. The van der Waals surface area contributed by atoms with Gasteiger partial charge in [0.05, 0.1) is 12.4 Å². The van der Waals surface area contributed by atoms with Crippen LogP contribution in [0.1, 0.15) is 25.7 Å². The van der Waals surface area contributed by atoms with Gasteiger partial charge in [0.25, 0.3) is 0 Å². The Labute approximate surface area is 89.7 Å². The third-order valence-electron chi connectivity index (χ3n) is 2.70. The monoisotopic (exact) mass is 207 g/mol. The van der Waals surface area contributed by atoms with E-state index in [0.29, 0.717) is 5.82 Å². The maximum atomic E-state index is 5.31. The molecule has 0 spiro atoms. The highest BCUT2D eigenvalue weighted by molar-refractivity contribution is 5.43. The average molecular weight is 207 g/mol. The van der Waals surface area contributed by atoms with Gasteiger partial charge >= 0.3 is 0 Å². The summed E-state index contributed by atoms with van der Waals surface area (Å²) in [7, 11) is 0. The van der Waals surface area contributed by atoms with E-state index >= 15 is 0 Å². The van der Waals surface area contributed by atoms with E-state index in [1.165, 1.54) is 25.7 Å². The van der Waals surface area contributed by atoms with E-state index in [-0.39, 0.29) is 0 Å². The topological polar surface area (TPSA) is 67.1 Å². The average Bonchev–Trinajstić information content (AvgIpc) is 2.58. The summed E-state index contributed by atoms with van der Waals surface area (Å²) in [5.41, 5.74) is 2.52. The number of nitrogen functional groups attached to an aromatic ring is 1. The number of aromatic nitrogens is 2. The molecule has 0 bridgehead atoms. The van der Waals surface area contributed by atoms with Crippen LogP contribution in [0.5, 0.6) is 0 Å². The van der Waals surface area contributed by atoms with Crippen LogP contribution < -0.4 is 16.2 Å². The fourth-order valence-electron chi connectivity index (χ4n) is 1.88. The van der Waals surface area contributed by atoms with Crippen molar-refractivity contribution in [2.24, 2.45) is 5.84 Å². The summed E-state index contributed by atoms with van der Waals surface area (Å²) in [6.07, 6.45) is 8.54. The Morgan fingerprint density at radius 2 is 1.87 bits per heavy atom. The van der Waals surface area contributed by atoms with Crippen LogP contribution in [-0.2, 0) is 0 Å². The predicted molar refractivity (Wildman–Crippen MR) is 60.5 cm³/mol. The van der Waals surface area contributed by atoms with Crippen LogP contribution in [0, 0.1) is 0 Å². The van der Waals surface area contributed by atoms with Crippen molar-refractivity contribution in [2.45, 2.75) is 25.7 Å². The number of hydrogen-bond donors (Lipinski definition) is 2. The third kappa shape index (κ3) is 2.56. The van der Waals surface area contributed by atoms with Gasteiger partial charge in [-0.25, -0.2) is 10.8 Å². The fourth-order valence-corrected chi connectivity index (χ4v) is 1.88. The van der Waals surface area contributed by atoms with Crippen molar-refractivity contribution in [2.75, 3.05) is 23.4 Å². The molecule has 15 heavy (non-hydrogen) atoms. The van der Waals surface area contributed by atoms with Gasteiger partial charge in [0.1, 0.15) is 5.82 Å². The molecule has 0 radical (unpaired) electrons. The summed E-state index contributed by atoms with van der Waals surface area (Å²) in [6.45, 7) is 2.14. The smallest absolute Gasteiger partial charge is 0.160 e. The molecule has 0 unspecified atom stereocenters. The Kier molecular flexibility index (Phi) is 3.34. The summed E-state index contributed by atoms with van der Waals surface area (Å²) < 4.78 is 0. The summed E-state index contributed by atoms with van der Waals surface area (Å²) in [6, 6.07) is 0. The van der Waals surface area contributed by atoms with Gasteiger partial charge in [0.15, 0.2) is 5.82 Å². The number of nitrogens with two attached hydrogens (primary N) is 1. The van der Waals surface area contributed by atoms with Gasteiger partial charge in [-0.15, -0.1) is 0 Å². The lowest BCUT2D eigenvalue weighted by molar-refractivity contribution is 0.726. The fraction of sp³-hybridized carbons (Fsp3) is 0.600. The van der Waals surface area contributed by atoms with E-state index in [0.717, 1.165) is 18.9 Å². The molecule has 0 amide bonds. The van der Waals surface area contributed by atoms with Crippen LogP contribution in [-0.4, -0.2) is 23.1 Å². The molecule has 1 aliphatic rings. The molecule has 0 aromatic carbocycles. The minimum atomic E-state index is 0.622. The Bertz CT molecular complexity index is 306. The van der Waals surface area contributed by atoms with Crippen molar-refractivity contribution in [3.05, 3.63) is 12.4 Å². The molecule has 2 rings (SSSR count). The number of nitrogens with one attached hydrogen (secondary N) is 1. The second kappa shape index (κ2) is 4.93. The van der Waals surface area contributed by atoms with Gasteiger partial charge in [-0.1, -0.05) is 12.8 Å². The van der Waals surface area contributed by atoms with Gasteiger partial charge in [-0.2, -0.15) is 0 Å². The summed E-state index contributed by atoms with van der Waals surface area (Å²) in [5.74, 6) is 6.85. The van der Waals surface area contributed by atoms with Crippen molar-refractivity contribution < 1.29 is 0 Å². The summed E-state index contributed by atoms with van der Waals surface area (Å²) in [4.78, 5) is 10.8. The molecule has 3 N–H and O–H groups in total. The number of hydrazine groups is 1. The Balaban J connectivity index is 2.12. The zero-order valence-corrected chi connectivity index (χ0v) is 8.82. The van der Waals surface area contributed by atoms with Gasteiger partial charge in [0, 0.05) is 13.1 Å². The predicted octanol–water partition coefficient (Wildman–Crippen LogP) is 1.14. The van der Waals surface area contributed by atoms with Gasteiger partial charge in [-0.3, -0.25) is 4.98 Å². The van der Waals surface area contributed by atoms with Crippen molar-refractivity contribution >= 4 is 11.6 Å². The van der Waals surface area contributed by atoms with Gasteiger partial charge in [0.2, 0.25) is 0 Å². The highest BCUT2D eigenvalue weighted by Gasteiger charge is 2.11. The highest BCUT2D eigenvalue weighted by atomic mass is 15.3. The Morgan fingerprint density at radius 3 is 2.53 bits per heavy atom. The van der Waals surface area contributed by atoms with Crippen LogP contribution >= 0.6 is 0 Å². The molecule has 2 heterocycles. The van der Waals surface area contributed by atoms with Crippen LogP contribution in [0.25, 0.3) is 0 Å². The van der Waals surface area contributed by atoms with Crippen LogP contribution in [0.15, 0.2) is 12.4 Å². The molecule has 1 aromatic rings. The quantitative estimate of drug-likeness (QED) is 0.562. The normalized spacial score (nSPS) is 17.3. The maximum absolute atomic E-state index is 5.31. The molecule has 0 aliphatic carbocycles. The summed E-state index contributed by atoms with van der Waals surface area (Å²) in [5, 5.41) is 0. The lowest BCUT2D eigenvalue weighted by atomic mass is 10.2. The molecule has 0 saturated carbocycles. The molecular formula is C10H17N5. The van der Waals surface area contributed by atoms with E-state index in [4.69, 9.17) is 5.84 Å². The molecule has 5 nitrogen and oxygen atoms in total. The minimum absolute atomic E-state index is 0.622. The molecule has 1 saturated heterocycles. The lowest BCUT2D eigenvalue weighted by Crippen LogP contribution is -2.25. The van der Waals surface area contributed by atoms with E-state index in [9.17, 15) is 0 Å². The molecule has 5 heteroatoms. The van der Waals surface area contributed by atoms with Crippen molar-refractivity contribution in [1.29, 1.82) is 0 Å². The molecule has 1 aromatic heterocycles. The SMILES string of the molecule is NNc1cncc(N2CCCCCC2)n1. The van der Waals surface area contributed by atoms with Crippen molar-refractivity contribution in [3.8, 4) is 0 Å². The highest BCUT2D eigenvalue weighted by Crippen LogP contribution is 2.17.